The number of benzene rings is 2. The Morgan fingerprint density at radius 3 is 1.87 bits per heavy atom. The quantitative estimate of drug-likeness (QED) is 0.0620. The van der Waals surface area contributed by atoms with E-state index in [-0.39, 0.29) is 43.5 Å². The lowest BCUT2D eigenvalue weighted by atomic mass is 9.98. The number of esters is 4. The molecule has 254 valence electrons. The minimum atomic E-state index is -0.683. The fraction of sp³-hybridized carbons (Fsp3) is 0.444. The Kier molecular flexibility index (Phi) is 16.0. The Hall–Kier alpha value is -4.64. The van der Waals surface area contributed by atoms with Crippen molar-refractivity contribution in [3.8, 4) is 17.2 Å². The van der Waals surface area contributed by atoms with Gasteiger partial charge >= 0.3 is 23.9 Å². The van der Waals surface area contributed by atoms with Crippen molar-refractivity contribution in [2.75, 3.05) is 33.0 Å². The summed E-state index contributed by atoms with van der Waals surface area (Å²) in [5, 5.41) is 8.85. The van der Waals surface area contributed by atoms with Crippen LogP contribution in [-0.4, -0.2) is 68.1 Å². The Bertz CT molecular complexity index is 1330. The van der Waals surface area contributed by atoms with Gasteiger partial charge in [-0.15, -0.1) is 0 Å². The van der Waals surface area contributed by atoms with Crippen LogP contribution in [0.3, 0.4) is 0 Å². The summed E-state index contributed by atoms with van der Waals surface area (Å²) in [6, 6.07) is 13.1. The first-order chi connectivity index (χ1) is 22.7. The van der Waals surface area contributed by atoms with Crippen LogP contribution in [0.25, 0.3) is 0 Å². The molecule has 0 amide bonds. The lowest BCUT2D eigenvalue weighted by Gasteiger charge is -2.21. The highest BCUT2D eigenvalue weighted by Crippen LogP contribution is 2.22. The van der Waals surface area contributed by atoms with Crippen molar-refractivity contribution in [2.24, 2.45) is 0 Å². The molecule has 11 nitrogen and oxygen atoms in total. The maximum absolute atomic E-state index is 12.5. The first-order valence-corrected chi connectivity index (χ1v) is 15.9. The summed E-state index contributed by atoms with van der Waals surface area (Å²) in [5.74, 6) is -0.732. The smallest absolute Gasteiger partial charge is 0.343 e. The summed E-state index contributed by atoms with van der Waals surface area (Å²) >= 11 is 0. The Morgan fingerprint density at radius 2 is 1.21 bits per heavy atom. The van der Waals surface area contributed by atoms with Gasteiger partial charge in [-0.25, -0.2) is 14.4 Å². The minimum Gasteiger partial charge on any atom is -0.494 e. The zero-order valence-electron chi connectivity index (χ0n) is 26.7. The molecule has 2 aromatic carbocycles. The lowest BCUT2D eigenvalue weighted by molar-refractivity contribution is -0.151. The number of unbranched alkanes of at least 4 members (excludes halogenated alkanes) is 3. The van der Waals surface area contributed by atoms with E-state index in [1.54, 1.807) is 48.5 Å². The molecule has 11 heteroatoms. The van der Waals surface area contributed by atoms with E-state index in [2.05, 4.69) is 13.2 Å². The van der Waals surface area contributed by atoms with Gasteiger partial charge in [-0.3, -0.25) is 4.79 Å². The maximum atomic E-state index is 12.5. The van der Waals surface area contributed by atoms with Crippen molar-refractivity contribution in [2.45, 2.75) is 70.3 Å². The first kappa shape index (κ1) is 36.8. The van der Waals surface area contributed by atoms with Gasteiger partial charge in [0.15, 0.2) is 0 Å². The Balaban J connectivity index is 1.22. The van der Waals surface area contributed by atoms with E-state index in [1.807, 2.05) is 0 Å². The third kappa shape index (κ3) is 14.1. The number of rotatable bonds is 20. The third-order valence-electron chi connectivity index (χ3n) is 7.23. The van der Waals surface area contributed by atoms with Gasteiger partial charge in [-0.2, -0.15) is 0 Å². The molecule has 3 rings (SSSR count). The van der Waals surface area contributed by atoms with E-state index >= 15 is 0 Å². The molecule has 1 fully saturated rings. The molecule has 1 saturated carbocycles. The van der Waals surface area contributed by atoms with Gasteiger partial charge in [0.25, 0.3) is 0 Å². The number of aliphatic hydroxyl groups is 1. The number of carbonyl (C=O) groups excluding carboxylic acids is 4. The van der Waals surface area contributed by atoms with E-state index in [0.29, 0.717) is 35.8 Å². The van der Waals surface area contributed by atoms with Crippen molar-refractivity contribution in [1.29, 1.82) is 0 Å². The molecular formula is C36H44O11. The highest BCUT2D eigenvalue weighted by molar-refractivity contribution is 5.93. The number of ether oxygens (including phenoxy) is 6. The molecule has 1 N–H and O–H groups in total. The monoisotopic (exact) mass is 652 g/mol. The van der Waals surface area contributed by atoms with Gasteiger partial charge in [0.2, 0.25) is 0 Å². The summed E-state index contributed by atoms with van der Waals surface area (Å²) in [6.45, 7) is 7.44. The minimum absolute atomic E-state index is 0.00721. The summed E-state index contributed by atoms with van der Waals surface area (Å²) in [4.78, 5) is 48.1. The summed E-state index contributed by atoms with van der Waals surface area (Å²) in [7, 11) is 0. The van der Waals surface area contributed by atoms with E-state index in [4.69, 9.17) is 33.5 Å². The predicted octanol–water partition coefficient (Wildman–Crippen LogP) is 5.68. The molecule has 0 aromatic heterocycles. The molecule has 1 aliphatic rings. The second-order valence-corrected chi connectivity index (χ2v) is 11.1. The molecule has 47 heavy (non-hydrogen) atoms. The number of carbonyl (C=O) groups is 4. The van der Waals surface area contributed by atoms with Crippen LogP contribution in [0.2, 0.25) is 0 Å². The van der Waals surface area contributed by atoms with Crippen molar-refractivity contribution in [3.63, 3.8) is 0 Å². The van der Waals surface area contributed by atoms with Crippen LogP contribution in [0.1, 0.15) is 74.6 Å². The highest BCUT2D eigenvalue weighted by Gasteiger charge is 2.20. The van der Waals surface area contributed by atoms with E-state index in [9.17, 15) is 19.2 Å². The molecule has 0 atom stereocenters. The van der Waals surface area contributed by atoms with Crippen molar-refractivity contribution < 1.29 is 52.7 Å². The van der Waals surface area contributed by atoms with Gasteiger partial charge in [-0.05, 0) is 99.9 Å². The summed E-state index contributed by atoms with van der Waals surface area (Å²) in [6.07, 6.45) is 8.09. The number of hydrogen-bond acceptors (Lipinski definition) is 11. The first-order valence-electron chi connectivity index (χ1n) is 15.9. The van der Waals surface area contributed by atoms with Crippen LogP contribution in [-0.2, 0) is 28.6 Å². The number of aliphatic hydroxyl groups excluding tert-OH is 1. The average molecular weight is 653 g/mol. The van der Waals surface area contributed by atoms with Crippen LogP contribution < -0.4 is 14.2 Å². The molecule has 0 heterocycles. The summed E-state index contributed by atoms with van der Waals surface area (Å²) < 4.78 is 32.2. The van der Waals surface area contributed by atoms with Gasteiger partial charge in [0.1, 0.15) is 36.6 Å². The fourth-order valence-electron chi connectivity index (χ4n) is 4.59. The molecular weight excluding hydrogens is 608 g/mol. The molecule has 0 unspecified atom stereocenters. The topological polar surface area (TPSA) is 144 Å². The second kappa shape index (κ2) is 20.5. The second-order valence-electron chi connectivity index (χ2n) is 11.1. The van der Waals surface area contributed by atoms with Crippen molar-refractivity contribution in [1.82, 2.24) is 0 Å². The zero-order valence-corrected chi connectivity index (χ0v) is 26.7. The average Bonchev–Trinajstić information content (AvgIpc) is 3.08. The van der Waals surface area contributed by atoms with Crippen LogP contribution >= 0.6 is 0 Å². The maximum Gasteiger partial charge on any atom is 0.343 e. The fourth-order valence-corrected chi connectivity index (χ4v) is 4.59. The van der Waals surface area contributed by atoms with Gasteiger partial charge in [-0.1, -0.05) is 19.6 Å². The number of hydrogen-bond donors (Lipinski definition) is 1. The van der Waals surface area contributed by atoms with Gasteiger partial charge in [0, 0.05) is 5.57 Å². The zero-order chi connectivity index (χ0) is 33.9. The highest BCUT2D eigenvalue weighted by atomic mass is 16.6. The molecule has 0 saturated heterocycles. The molecule has 0 radical (unpaired) electrons. The predicted molar refractivity (Wildman–Crippen MR) is 172 cm³/mol. The van der Waals surface area contributed by atoms with Crippen LogP contribution in [0.5, 0.6) is 17.2 Å². The van der Waals surface area contributed by atoms with Crippen molar-refractivity contribution in [3.05, 3.63) is 78.4 Å². The van der Waals surface area contributed by atoms with E-state index < -0.39 is 30.5 Å². The SMILES string of the molecule is C=C(CO)C(=O)OCCOc1ccc(OC(=O)c2ccc(OCCCCCCOC(=O)C(=C)CC(=O)OC3CCCCC3)cc2)cc1. The van der Waals surface area contributed by atoms with E-state index in [1.165, 1.54) is 6.42 Å². The van der Waals surface area contributed by atoms with E-state index in [0.717, 1.165) is 44.9 Å². The molecule has 2 aromatic rings. The normalized spacial score (nSPS) is 12.8. The van der Waals surface area contributed by atoms with Crippen LogP contribution in [0.15, 0.2) is 72.8 Å². The van der Waals surface area contributed by atoms with Crippen molar-refractivity contribution >= 4 is 23.9 Å². The Morgan fingerprint density at radius 1 is 0.660 bits per heavy atom. The molecule has 0 spiro atoms. The molecule has 1 aliphatic carbocycles. The molecule has 0 bridgehead atoms. The Labute approximate surface area is 275 Å². The molecule has 0 aliphatic heterocycles. The largest absolute Gasteiger partial charge is 0.494 e. The van der Waals surface area contributed by atoms with Gasteiger partial charge < -0.3 is 33.5 Å². The van der Waals surface area contributed by atoms with Crippen LogP contribution in [0.4, 0.5) is 0 Å². The lowest BCUT2D eigenvalue weighted by Crippen LogP contribution is -2.22. The van der Waals surface area contributed by atoms with Gasteiger partial charge in [0.05, 0.1) is 37.4 Å². The third-order valence-corrected chi connectivity index (χ3v) is 7.23. The summed E-state index contributed by atoms with van der Waals surface area (Å²) in [5.41, 5.74) is 0.443. The van der Waals surface area contributed by atoms with Crippen LogP contribution in [0, 0.1) is 0 Å². The standard InChI is InChI=1S/C36H44O11/c1-26(24-33(38)46-31-10-6-5-7-11-31)34(39)44-21-9-4-3-8-20-42-29-14-12-28(13-15-29)36(41)47-32-18-16-30(17-19-32)43-22-23-45-35(40)27(2)25-37/h12-19,31,37H,1-11,20-25H2.